The van der Waals surface area contributed by atoms with E-state index < -0.39 is 0 Å². The van der Waals surface area contributed by atoms with Gasteiger partial charge in [0.05, 0.1) is 6.04 Å². The van der Waals surface area contributed by atoms with E-state index in [1.807, 2.05) is 19.9 Å². The zero-order chi connectivity index (χ0) is 17.5. The van der Waals surface area contributed by atoms with Gasteiger partial charge in [-0.3, -0.25) is 4.79 Å². The van der Waals surface area contributed by atoms with Gasteiger partial charge in [0.2, 0.25) is 5.91 Å². The van der Waals surface area contributed by atoms with Crippen LogP contribution >= 0.6 is 0 Å². The summed E-state index contributed by atoms with van der Waals surface area (Å²) < 4.78 is 31.5. The highest BCUT2D eigenvalue weighted by Crippen LogP contribution is 2.19. The molecule has 5 heteroatoms. The maximum atomic E-state index is 13.2. The largest absolute Gasteiger partial charge is 0.491 e. The molecular formula is C19H21F2NO2. The lowest BCUT2D eigenvalue weighted by Crippen LogP contribution is -2.37. The predicted molar refractivity (Wildman–Crippen MR) is 88.9 cm³/mol. The molecule has 0 aliphatic carbocycles. The normalized spacial score (nSPS) is 13.2. The molecule has 0 bridgehead atoms. The number of rotatable bonds is 7. The van der Waals surface area contributed by atoms with Crippen molar-refractivity contribution in [2.75, 3.05) is 6.61 Å². The minimum Gasteiger partial charge on any atom is -0.491 e. The maximum absolute atomic E-state index is 13.2. The van der Waals surface area contributed by atoms with Crippen molar-refractivity contribution >= 4 is 5.91 Å². The molecule has 1 N–H and O–H groups in total. The van der Waals surface area contributed by atoms with Crippen molar-refractivity contribution in [3.63, 3.8) is 0 Å². The van der Waals surface area contributed by atoms with Crippen molar-refractivity contribution in [3.05, 3.63) is 65.7 Å². The van der Waals surface area contributed by atoms with Gasteiger partial charge in [0.1, 0.15) is 24.0 Å². The summed E-state index contributed by atoms with van der Waals surface area (Å²) in [6, 6.07) is 11.8. The SMILES string of the molecule is CC(COc1ccc(F)cc1)NC(=O)CC(C)c1cccc(F)c1. The average molecular weight is 333 g/mol. The van der Waals surface area contributed by atoms with E-state index in [0.717, 1.165) is 5.56 Å². The van der Waals surface area contributed by atoms with Crippen LogP contribution in [0.5, 0.6) is 5.75 Å². The Bertz CT molecular complexity index is 673. The Morgan fingerprint density at radius 1 is 1.08 bits per heavy atom. The molecule has 2 aromatic rings. The second kappa shape index (κ2) is 8.43. The van der Waals surface area contributed by atoms with Gasteiger partial charge in [-0.25, -0.2) is 8.78 Å². The maximum Gasteiger partial charge on any atom is 0.220 e. The summed E-state index contributed by atoms with van der Waals surface area (Å²) in [5.74, 6) is -0.283. The van der Waals surface area contributed by atoms with Gasteiger partial charge in [0.15, 0.2) is 0 Å². The molecule has 2 aromatic carbocycles. The molecule has 2 rings (SSSR count). The highest BCUT2D eigenvalue weighted by molar-refractivity contribution is 5.77. The Balaban J connectivity index is 1.77. The van der Waals surface area contributed by atoms with Gasteiger partial charge < -0.3 is 10.1 Å². The van der Waals surface area contributed by atoms with E-state index in [-0.39, 0.29) is 42.5 Å². The van der Waals surface area contributed by atoms with E-state index in [9.17, 15) is 13.6 Å². The average Bonchev–Trinajstić information content (AvgIpc) is 2.54. The number of hydrogen-bond donors (Lipinski definition) is 1. The van der Waals surface area contributed by atoms with Crippen LogP contribution in [0.2, 0.25) is 0 Å². The van der Waals surface area contributed by atoms with Gasteiger partial charge in [-0.15, -0.1) is 0 Å². The molecule has 0 aliphatic heterocycles. The summed E-state index contributed by atoms with van der Waals surface area (Å²) in [5, 5.41) is 2.85. The first kappa shape index (κ1) is 17.9. The minimum absolute atomic E-state index is 0.0779. The van der Waals surface area contributed by atoms with Crippen LogP contribution in [-0.2, 0) is 4.79 Å². The first-order chi connectivity index (χ1) is 11.4. The van der Waals surface area contributed by atoms with E-state index in [0.29, 0.717) is 5.75 Å². The monoisotopic (exact) mass is 333 g/mol. The van der Waals surface area contributed by atoms with E-state index in [1.165, 1.54) is 36.4 Å². The summed E-state index contributed by atoms with van der Waals surface area (Å²) in [7, 11) is 0. The van der Waals surface area contributed by atoms with Gasteiger partial charge in [0, 0.05) is 6.42 Å². The van der Waals surface area contributed by atoms with E-state index in [4.69, 9.17) is 4.74 Å². The third kappa shape index (κ3) is 5.65. The van der Waals surface area contributed by atoms with Crippen LogP contribution in [0.4, 0.5) is 8.78 Å². The number of halogens is 2. The number of hydrogen-bond acceptors (Lipinski definition) is 2. The number of benzene rings is 2. The van der Waals surface area contributed by atoms with Crippen LogP contribution in [-0.4, -0.2) is 18.6 Å². The van der Waals surface area contributed by atoms with E-state index >= 15 is 0 Å². The van der Waals surface area contributed by atoms with Crippen LogP contribution in [0.15, 0.2) is 48.5 Å². The van der Waals surface area contributed by atoms with E-state index in [2.05, 4.69) is 5.32 Å². The Morgan fingerprint density at radius 2 is 1.79 bits per heavy atom. The number of nitrogens with one attached hydrogen (secondary N) is 1. The van der Waals surface area contributed by atoms with Crippen molar-refractivity contribution in [1.82, 2.24) is 5.32 Å². The second-order valence-corrected chi connectivity index (χ2v) is 5.89. The Morgan fingerprint density at radius 3 is 2.46 bits per heavy atom. The summed E-state index contributed by atoms with van der Waals surface area (Å²) >= 11 is 0. The van der Waals surface area contributed by atoms with Gasteiger partial charge in [-0.05, 0) is 54.8 Å². The van der Waals surface area contributed by atoms with Crippen LogP contribution in [0.25, 0.3) is 0 Å². The fraction of sp³-hybridized carbons (Fsp3) is 0.316. The van der Waals surface area contributed by atoms with Gasteiger partial charge in [-0.2, -0.15) is 0 Å². The third-order valence-corrected chi connectivity index (χ3v) is 3.63. The molecule has 0 heterocycles. The molecule has 0 saturated heterocycles. The summed E-state index contributed by atoms with van der Waals surface area (Å²) in [5.41, 5.74) is 0.792. The van der Waals surface area contributed by atoms with Crippen molar-refractivity contribution in [2.45, 2.75) is 32.2 Å². The molecule has 24 heavy (non-hydrogen) atoms. The summed E-state index contributed by atoms with van der Waals surface area (Å²) in [6.45, 7) is 3.99. The second-order valence-electron chi connectivity index (χ2n) is 5.89. The molecule has 1 amide bonds. The standard InChI is InChI=1S/C19H21F2NO2/c1-13(15-4-3-5-17(21)11-15)10-19(23)22-14(2)12-24-18-8-6-16(20)7-9-18/h3-9,11,13-14H,10,12H2,1-2H3,(H,22,23). The van der Waals surface area contributed by atoms with Gasteiger partial charge in [0.25, 0.3) is 0 Å². The molecule has 2 unspecified atom stereocenters. The van der Waals surface area contributed by atoms with Crippen LogP contribution in [0, 0.1) is 11.6 Å². The third-order valence-electron chi connectivity index (χ3n) is 3.63. The minimum atomic E-state index is -0.324. The molecule has 0 fully saturated rings. The lowest BCUT2D eigenvalue weighted by Gasteiger charge is -2.17. The Hall–Kier alpha value is -2.43. The molecule has 0 saturated carbocycles. The Kier molecular flexibility index (Phi) is 6.29. The molecule has 0 spiro atoms. The zero-order valence-electron chi connectivity index (χ0n) is 13.8. The lowest BCUT2D eigenvalue weighted by atomic mass is 9.97. The fourth-order valence-electron chi connectivity index (χ4n) is 2.34. The smallest absolute Gasteiger partial charge is 0.220 e. The van der Waals surface area contributed by atoms with Crippen molar-refractivity contribution in [1.29, 1.82) is 0 Å². The molecule has 0 aliphatic rings. The molecule has 0 radical (unpaired) electrons. The zero-order valence-corrected chi connectivity index (χ0v) is 13.8. The number of carbonyl (C=O) groups is 1. The van der Waals surface area contributed by atoms with Crippen molar-refractivity contribution in [3.8, 4) is 5.75 Å². The first-order valence-electron chi connectivity index (χ1n) is 7.87. The number of amides is 1. The quantitative estimate of drug-likeness (QED) is 0.830. The van der Waals surface area contributed by atoms with Gasteiger partial charge in [-0.1, -0.05) is 19.1 Å². The fourth-order valence-corrected chi connectivity index (χ4v) is 2.34. The van der Waals surface area contributed by atoms with Crippen LogP contribution in [0.1, 0.15) is 31.7 Å². The predicted octanol–water partition coefficient (Wildman–Crippen LogP) is 4.04. The topological polar surface area (TPSA) is 38.3 Å². The van der Waals surface area contributed by atoms with Crippen molar-refractivity contribution < 1.29 is 18.3 Å². The first-order valence-corrected chi connectivity index (χ1v) is 7.87. The Labute approximate surface area is 140 Å². The number of ether oxygens (including phenoxy) is 1. The number of carbonyl (C=O) groups excluding carboxylic acids is 1. The molecule has 2 atom stereocenters. The van der Waals surface area contributed by atoms with Crippen LogP contribution < -0.4 is 10.1 Å². The molecular weight excluding hydrogens is 312 g/mol. The molecule has 3 nitrogen and oxygen atoms in total. The summed E-state index contributed by atoms with van der Waals surface area (Å²) in [4.78, 5) is 12.1. The van der Waals surface area contributed by atoms with Crippen molar-refractivity contribution in [2.24, 2.45) is 0 Å². The highest BCUT2D eigenvalue weighted by atomic mass is 19.1. The molecule has 0 aromatic heterocycles. The summed E-state index contributed by atoms with van der Waals surface area (Å²) in [6.07, 6.45) is 0.268. The van der Waals surface area contributed by atoms with Gasteiger partial charge >= 0.3 is 0 Å². The van der Waals surface area contributed by atoms with E-state index in [1.54, 1.807) is 6.07 Å². The van der Waals surface area contributed by atoms with Crippen LogP contribution in [0.3, 0.4) is 0 Å². The highest BCUT2D eigenvalue weighted by Gasteiger charge is 2.14. The lowest BCUT2D eigenvalue weighted by molar-refractivity contribution is -0.122. The molecule has 128 valence electrons.